The molecule has 0 amide bonds. The van der Waals surface area contributed by atoms with Crippen LogP contribution in [0.4, 0.5) is 8.78 Å². The van der Waals surface area contributed by atoms with E-state index in [2.05, 4.69) is 6.92 Å². The molecule has 1 aliphatic rings. The van der Waals surface area contributed by atoms with Crippen molar-refractivity contribution in [1.82, 2.24) is 0 Å². The Balaban J connectivity index is 1.78. The van der Waals surface area contributed by atoms with E-state index < -0.39 is 11.6 Å². The number of benzene rings is 1. The molecule has 2 rings (SSSR count). The minimum absolute atomic E-state index is 0.122. The lowest BCUT2D eigenvalue weighted by molar-refractivity contribution is 0.0114. The zero-order chi connectivity index (χ0) is 16.7. The standard InChI is InChI=1S/C18H23F2NO2/c1-2-3-10-22-15-7-4-13(5-8-15)12-23-16-9-6-14(11-21)17(19)18(16)20/h6,9,13,15H,2-5,7-8,10,12H2,1H3/t13-,15-. The van der Waals surface area contributed by atoms with Crippen molar-refractivity contribution >= 4 is 0 Å². The molecule has 0 aromatic heterocycles. The largest absolute Gasteiger partial charge is 0.490 e. The third-order valence-electron chi connectivity index (χ3n) is 4.29. The molecule has 1 aliphatic carbocycles. The van der Waals surface area contributed by atoms with E-state index >= 15 is 0 Å². The van der Waals surface area contributed by atoms with Crippen molar-refractivity contribution in [2.24, 2.45) is 5.92 Å². The Morgan fingerprint density at radius 2 is 1.91 bits per heavy atom. The van der Waals surface area contributed by atoms with Crippen molar-refractivity contribution in [2.75, 3.05) is 13.2 Å². The number of hydrogen-bond acceptors (Lipinski definition) is 3. The predicted octanol–water partition coefficient (Wildman–Crippen LogP) is 4.59. The molecule has 0 spiro atoms. The molecule has 0 atom stereocenters. The smallest absolute Gasteiger partial charge is 0.201 e. The van der Waals surface area contributed by atoms with Crippen molar-refractivity contribution in [3.8, 4) is 11.8 Å². The summed E-state index contributed by atoms with van der Waals surface area (Å²) < 4.78 is 38.5. The summed E-state index contributed by atoms with van der Waals surface area (Å²) in [6.07, 6.45) is 6.46. The summed E-state index contributed by atoms with van der Waals surface area (Å²) in [6, 6.07) is 4.17. The zero-order valence-corrected chi connectivity index (χ0v) is 13.5. The van der Waals surface area contributed by atoms with Gasteiger partial charge in [-0.25, -0.2) is 4.39 Å². The first-order chi connectivity index (χ1) is 11.2. The highest BCUT2D eigenvalue weighted by atomic mass is 19.2. The number of unbranched alkanes of at least 4 members (excludes halogenated alkanes) is 1. The van der Waals surface area contributed by atoms with E-state index in [4.69, 9.17) is 14.7 Å². The van der Waals surface area contributed by atoms with Gasteiger partial charge in [0.25, 0.3) is 0 Å². The topological polar surface area (TPSA) is 42.2 Å². The van der Waals surface area contributed by atoms with E-state index in [1.807, 2.05) is 0 Å². The molecule has 0 saturated heterocycles. The molecule has 0 heterocycles. The molecule has 0 bridgehead atoms. The van der Waals surface area contributed by atoms with E-state index in [-0.39, 0.29) is 11.3 Å². The van der Waals surface area contributed by atoms with Gasteiger partial charge in [-0.3, -0.25) is 0 Å². The first kappa shape index (κ1) is 17.7. The van der Waals surface area contributed by atoms with Gasteiger partial charge in [-0.05, 0) is 50.2 Å². The summed E-state index contributed by atoms with van der Waals surface area (Å²) in [6.45, 7) is 3.32. The molecule has 1 fully saturated rings. The molecular formula is C18H23F2NO2. The average Bonchev–Trinajstić information content (AvgIpc) is 2.58. The van der Waals surface area contributed by atoms with Gasteiger partial charge in [0.05, 0.1) is 18.3 Å². The van der Waals surface area contributed by atoms with Crippen molar-refractivity contribution in [3.63, 3.8) is 0 Å². The summed E-state index contributed by atoms with van der Waals surface area (Å²) >= 11 is 0. The summed E-state index contributed by atoms with van der Waals surface area (Å²) in [7, 11) is 0. The first-order valence-electron chi connectivity index (χ1n) is 8.28. The molecule has 3 nitrogen and oxygen atoms in total. The maximum absolute atomic E-state index is 13.8. The van der Waals surface area contributed by atoms with E-state index in [0.29, 0.717) is 18.6 Å². The van der Waals surface area contributed by atoms with Crippen LogP contribution in [0.3, 0.4) is 0 Å². The van der Waals surface area contributed by atoms with Crippen LogP contribution < -0.4 is 4.74 Å². The molecule has 1 aromatic carbocycles. The number of nitrogens with zero attached hydrogens (tertiary/aromatic N) is 1. The lowest BCUT2D eigenvalue weighted by Gasteiger charge is -2.28. The van der Waals surface area contributed by atoms with Gasteiger partial charge in [-0.1, -0.05) is 13.3 Å². The van der Waals surface area contributed by atoms with Crippen molar-refractivity contribution in [2.45, 2.75) is 51.6 Å². The van der Waals surface area contributed by atoms with Gasteiger partial charge in [0, 0.05) is 6.61 Å². The van der Waals surface area contributed by atoms with Gasteiger partial charge in [0.1, 0.15) is 6.07 Å². The monoisotopic (exact) mass is 323 g/mol. The summed E-state index contributed by atoms with van der Waals surface area (Å²) in [4.78, 5) is 0. The second-order valence-corrected chi connectivity index (χ2v) is 6.03. The van der Waals surface area contributed by atoms with Gasteiger partial charge in [-0.2, -0.15) is 9.65 Å². The van der Waals surface area contributed by atoms with Crippen molar-refractivity contribution in [3.05, 3.63) is 29.3 Å². The van der Waals surface area contributed by atoms with Crippen LogP contribution >= 0.6 is 0 Å². The van der Waals surface area contributed by atoms with Gasteiger partial charge < -0.3 is 9.47 Å². The summed E-state index contributed by atoms with van der Waals surface area (Å²) in [5.41, 5.74) is -0.306. The summed E-state index contributed by atoms with van der Waals surface area (Å²) in [5, 5.41) is 8.66. The highest BCUT2D eigenvalue weighted by Gasteiger charge is 2.23. The minimum atomic E-state index is -1.14. The van der Waals surface area contributed by atoms with Crippen LogP contribution in [0.15, 0.2) is 12.1 Å². The average molecular weight is 323 g/mol. The van der Waals surface area contributed by atoms with Crippen molar-refractivity contribution in [1.29, 1.82) is 5.26 Å². The quantitative estimate of drug-likeness (QED) is 0.689. The Bertz CT molecular complexity index is 549. The third-order valence-corrected chi connectivity index (χ3v) is 4.29. The number of rotatable bonds is 7. The maximum atomic E-state index is 13.8. The van der Waals surface area contributed by atoms with Crippen LogP contribution in [-0.4, -0.2) is 19.3 Å². The lowest BCUT2D eigenvalue weighted by atomic mass is 9.88. The van der Waals surface area contributed by atoms with E-state index in [1.165, 1.54) is 12.1 Å². The van der Waals surface area contributed by atoms with Crippen LogP contribution in [0.25, 0.3) is 0 Å². The second-order valence-electron chi connectivity index (χ2n) is 6.03. The fraction of sp³-hybridized carbons (Fsp3) is 0.611. The number of nitriles is 1. The van der Waals surface area contributed by atoms with Crippen LogP contribution in [0.5, 0.6) is 5.75 Å². The molecule has 5 heteroatoms. The Morgan fingerprint density at radius 1 is 1.17 bits per heavy atom. The minimum Gasteiger partial charge on any atom is -0.490 e. The number of hydrogen-bond donors (Lipinski definition) is 0. The van der Waals surface area contributed by atoms with Crippen LogP contribution in [-0.2, 0) is 4.74 Å². The highest BCUT2D eigenvalue weighted by Crippen LogP contribution is 2.28. The maximum Gasteiger partial charge on any atom is 0.201 e. The molecule has 0 unspecified atom stereocenters. The molecule has 1 saturated carbocycles. The number of ether oxygens (including phenoxy) is 2. The summed E-state index contributed by atoms with van der Waals surface area (Å²) in [5.74, 6) is -2.01. The number of halogens is 2. The normalized spacial score (nSPS) is 21.0. The van der Waals surface area contributed by atoms with E-state index in [1.54, 1.807) is 6.07 Å². The predicted molar refractivity (Wildman–Crippen MR) is 83.2 cm³/mol. The van der Waals surface area contributed by atoms with Gasteiger partial charge in [0.15, 0.2) is 11.6 Å². The van der Waals surface area contributed by atoms with Gasteiger partial charge >= 0.3 is 0 Å². The molecule has 1 aromatic rings. The molecular weight excluding hydrogens is 300 g/mol. The zero-order valence-electron chi connectivity index (χ0n) is 13.5. The first-order valence-corrected chi connectivity index (χ1v) is 8.28. The molecule has 23 heavy (non-hydrogen) atoms. The Hall–Kier alpha value is -1.67. The van der Waals surface area contributed by atoms with E-state index in [0.717, 1.165) is 45.1 Å². The lowest BCUT2D eigenvalue weighted by Crippen LogP contribution is -2.25. The van der Waals surface area contributed by atoms with Gasteiger partial charge in [0.2, 0.25) is 5.82 Å². The fourth-order valence-corrected chi connectivity index (χ4v) is 2.80. The SMILES string of the molecule is CCCCO[C@H]1CC[C@H](COc2ccc(C#N)c(F)c2F)CC1. The second kappa shape index (κ2) is 8.83. The third kappa shape index (κ3) is 4.90. The Morgan fingerprint density at radius 3 is 2.57 bits per heavy atom. The fourth-order valence-electron chi connectivity index (χ4n) is 2.80. The Labute approximate surface area is 136 Å². The molecule has 0 radical (unpaired) electrons. The van der Waals surface area contributed by atoms with Gasteiger partial charge in [-0.15, -0.1) is 0 Å². The Kier molecular flexibility index (Phi) is 6.79. The molecule has 0 N–H and O–H groups in total. The molecule has 126 valence electrons. The van der Waals surface area contributed by atoms with E-state index in [9.17, 15) is 8.78 Å². The molecule has 0 aliphatic heterocycles. The van der Waals surface area contributed by atoms with Crippen LogP contribution in [0, 0.1) is 28.9 Å². The van der Waals surface area contributed by atoms with Crippen LogP contribution in [0.1, 0.15) is 51.0 Å². The highest BCUT2D eigenvalue weighted by molar-refractivity contribution is 5.37. The van der Waals surface area contributed by atoms with Crippen LogP contribution in [0.2, 0.25) is 0 Å². The van der Waals surface area contributed by atoms with Crippen molar-refractivity contribution < 1.29 is 18.3 Å².